The second kappa shape index (κ2) is 5.38. The summed E-state index contributed by atoms with van der Waals surface area (Å²) in [6.45, 7) is 0.846. The third-order valence-electron chi connectivity index (χ3n) is 3.43. The summed E-state index contributed by atoms with van der Waals surface area (Å²) < 4.78 is 1.34. The number of hydrogen-bond acceptors (Lipinski definition) is 3. The molecule has 5 nitrogen and oxygen atoms in total. The molecule has 3 rings (SSSR count). The Bertz CT molecular complexity index is 790. The summed E-state index contributed by atoms with van der Waals surface area (Å²) in [7, 11) is 1.93. The van der Waals surface area contributed by atoms with Gasteiger partial charge in [-0.15, -0.1) is 0 Å². The van der Waals surface area contributed by atoms with Crippen molar-refractivity contribution in [3.8, 4) is 11.1 Å². The maximum Gasteiger partial charge on any atom is 0.324 e. The molecule has 0 atom stereocenters. The first-order valence-corrected chi connectivity index (χ1v) is 6.70. The molecule has 1 aromatic carbocycles. The minimum absolute atomic E-state index is 0.526. The topological polar surface area (TPSA) is 72.9 Å². The number of hydrogen-bond donors (Lipinski definition) is 2. The lowest BCUT2D eigenvalue weighted by Gasteiger charge is -2.05. The highest BCUT2D eigenvalue weighted by Crippen LogP contribution is 2.23. The van der Waals surface area contributed by atoms with E-state index in [1.807, 2.05) is 19.2 Å². The maximum atomic E-state index is 11.3. The summed E-state index contributed by atoms with van der Waals surface area (Å²) in [5, 5.41) is 4.02. The van der Waals surface area contributed by atoms with Crippen LogP contribution in [0.15, 0.2) is 48.8 Å². The van der Waals surface area contributed by atoms with Crippen molar-refractivity contribution in [3.05, 3.63) is 54.4 Å². The largest absolute Gasteiger partial charge is 0.351 e. The highest BCUT2D eigenvalue weighted by Gasteiger charge is 2.08. The summed E-state index contributed by atoms with van der Waals surface area (Å²) in [4.78, 5) is 15.6. The molecule has 0 unspecified atom stereocenters. The number of primary amides is 1. The lowest BCUT2D eigenvalue weighted by atomic mass is 10.0. The van der Waals surface area contributed by atoms with E-state index in [9.17, 15) is 4.79 Å². The number of rotatable bonds is 3. The van der Waals surface area contributed by atoms with Gasteiger partial charge in [0.15, 0.2) is 0 Å². The number of aromatic nitrogens is 2. The summed E-state index contributed by atoms with van der Waals surface area (Å²) in [5.41, 5.74) is 9.22. The molecule has 2 heterocycles. The van der Waals surface area contributed by atoms with Crippen molar-refractivity contribution in [2.75, 3.05) is 7.05 Å². The van der Waals surface area contributed by atoms with E-state index in [0.29, 0.717) is 5.65 Å². The van der Waals surface area contributed by atoms with E-state index in [1.165, 1.54) is 10.1 Å². The molecule has 0 bridgehead atoms. The summed E-state index contributed by atoms with van der Waals surface area (Å²) in [6, 6.07) is 11.6. The number of nitrogens with one attached hydrogen (secondary N) is 1. The van der Waals surface area contributed by atoms with Crippen LogP contribution < -0.4 is 11.1 Å². The SMILES string of the molecule is CNCc1ccc(-c2cnc3c(ccn3C(N)=O)c2)cc1. The van der Waals surface area contributed by atoms with Crippen molar-refractivity contribution < 1.29 is 4.79 Å². The van der Waals surface area contributed by atoms with Gasteiger partial charge in [-0.05, 0) is 30.3 Å². The first kappa shape index (κ1) is 13.3. The summed E-state index contributed by atoms with van der Waals surface area (Å²) in [6.07, 6.45) is 3.40. The van der Waals surface area contributed by atoms with E-state index in [-0.39, 0.29) is 0 Å². The van der Waals surface area contributed by atoms with Crippen molar-refractivity contribution in [1.29, 1.82) is 0 Å². The predicted molar refractivity (Wildman–Crippen MR) is 82.9 cm³/mol. The molecule has 0 spiro atoms. The highest BCUT2D eigenvalue weighted by molar-refractivity contribution is 5.90. The quantitative estimate of drug-likeness (QED) is 0.773. The van der Waals surface area contributed by atoms with E-state index >= 15 is 0 Å². The van der Waals surface area contributed by atoms with Crippen molar-refractivity contribution in [1.82, 2.24) is 14.9 Å². The smallest absolute Gasteiger partial charge is 0.324 e. The molecule has 0 aliphatic heterocycles. The fraction of sp³-hybridized carbons (Fsp3) is 0.125. The van der Waals surface area contributed by atoms with Gasteiger partial charge in [-0.3, -0.25) is 4.57 Å². The van der Waals surface area contributed by atoms with E-state index in [0.717, 1.165) is 23.1 Å². The van der Waals surface area contributed by atoms with Crippen LogP contribution in [0.2, 0.25) is 0 Å². The van der Waals surface area contributed by atoms with E-state index in [4.69, 9.17) is 5.73 Å². The number of nitrogens with two attached hydrogens (primary N) is 1. The van der Waals surface area contributed by atoms with Crippen LogP contribution in [0.5, 0.6) is 0 Å². The average molecular weight is 280 g/mol. The van der Waals surface area contributed by atoms with Crippen molar-refractivity contribution in [2.24, 2.45) is 5.73 Å². The third-order valence-corrected chi connectivity index (χ3v) is 3.43. The Balaban J connectivity index is 1.99. The average Bonchev–Trinajstić information content (AvgIpc) is 2.91. The highest BCUT2D eigenvalue weighted by atomic mass is 16.2. The predicted octanol–water partition coefficient (Wildman–Crippen LogP) is 2.35. The van der Waals surface area contributed by atoms with Crippen LogP contribution in [0.3, 0.4) is 0 Å². The molecule has 3 aromatic rings. The molecule has 0 fully saturated rings. The molecule has 0 saturated heterocycles. The Kier molecular flexibility index (Phi) is 3.41. The Morgan fingerprint density at radius 2 is 2.00 bits per heavy atom. The first-order valence-electron chi connectivity index (χ1n) is 6.70. The molecule has 106 valence electrons. The Morgan fingerprint density at radius 1 is 1.24 bits per heavy atom. The fourth-order valence-electron chi connectivity index (χ4n) is 2.38. The minimum atomic E-state index is -0.526. The molecule has 3 N–H and O–H groups in total. The van der Waals surface area contributed by atoms with E-state index < -0.39 is 6.03 Å². The normalized spacial score (nSPS) is 10.9. The zero-order valence-corrected chi connectivity index (χ0v) is 11.7. The van der Waals surface area contributed by atoms with Crippen molar-refractivity contribution in [3.63, 3.8) is 0 Å². The number of pyridine rings is 1. The van der Waals surface area contributed by atoms with Gasteiger partial charge in [0, 0.05) is 29.9 Å². The summed E-state index contributed by atoms with van der Waals surface area (Å²) >= 11 is 0. The van der Waals surface area contributed by atoms with Gasteiger partial charge in [0.25, 0.3) is 0 Å². The van der Waals surface area contributed by atoms with Crippen LogP contribution in [0.25, 0.3) is 22.2 Å². The molecule has 0 radical (unpaired) electrons. The number of amides is 1. The van der Waals surface area contributed by atoms with Crippen LogP contribution in [0.4, 0.5) is 4.79 Å². The number of nitrogens with zero attached hydrogens (tertiary/aromatic N) is 2. The first-order chi connectivity index (χ1) is 10.2. The maximum absolute atomic E-state index is 11.3. The van der Waals surface area contributed by atoms with Gasteiger partial charge in [-0.25, -0.2) is 9.78 Å². The van der Waals surface area contributed by atoms with Gasteiger partial charge in [0.05, 0.1) is 0 Å². The van der Waals surface area contributed by atoms with Crippen LogP contribution in [-0.2, 0) is 6.54 Å². The monoisotopic (exact) mass is 280 g/mol. The Hall–Kier alpha value is -2.66. The number of benzene rings is 1. The van der Waals surface area contributed by atoms with Gasteiger partial charge in [0.2, 0.25) is 0 Å². The Labute approximate surface area is 122 Å². The second-order valence-corrected chi connectivity index (χ2v) is 4.89. The second-order valence-electron chi connectivity index (χ2n) is 4.89. The molecule has 0 aliphatic rings. The number of carbonyl (C=O) groups is 1. The van der Waals surface area contributed by atoms with Gasteiger partial charge in [-0.2, -0.15) is 0 Å². The lowest BCUT2D eigenvalue weighted by Crippen LogP contribution is -2.18. The van der Waals surface area contributed by atoms with Crippen molar-refractivity contribution >= 4 is 17.1 Å². The Morgan fingerprint density at radius 3 is 2.67 bits per heavy atom. The molecule has 5 heteroatoms. The van der Waals surface area contributed by atoms with Gasteiger partial charge < -0.3 is 11.1 Å². The molecule has 2 aromatic heterocycles. The van der Waals surface area contributed by atoms with E-state index in [1.54, 1.807) is 12.4 Å². The number of carbonyl (C=O) groups excluding carboxylic acids is 1. The minimum Gasteiger partial charge on any atom is -0.351 e. The molecule has 0 aliphatic carbocycles. The fourth-order valence-corrected chi connectivity index (χ4v) is 2.38. The van der Waals surface area contributed by atoms with Crippen LogP contribution >= 0.6 is 0 Å². The zero-order chi connectivity index (χ0) is 14.8. The van der Waals surface area contributed by atoms with Gasteiger partial charge in [0.1, 0.15) is 5.65 Å². The summed E-state index contributed by atoms with van der Waals surface area (Å²) in [5.74, 6) is 0. The van der Waals surface area contributed by atoms with Crippen LogP contribution in [0, 0.1) is 0 Å². The molecular weight excluding hydrogens is 264 g/mol. The molecule has 1 amide bonds. The molecular formula is C16H16N4O. The van der Waals surface area contributed by atoms with Gasteiger partial charge >= 0.3 is 6.03 Å². The lowest BCUT2D eigenvalue weighted by molar-refractivity contribution is 0.251. The standard InChI is InChI=1S/C16H16N4O/c1-18-9-11-2-4-12(5-3-11)14-8-13-6-7-20(16(17)21)15(13)19-10-14/h2-8,10,18H,9H2,1H3,(H2,17,21). The van der Waals surface area contributed by atoms with Crippen molar-refractivity contribution in [2.45, 2.75) is 6.54 Å². The number of fused-ring (bicyclic) bond motifs is 1. The zero-order valence-electron chi connectivity index (χ0n) is 11.7. The third kappa shape index (κ3) is 2.51. The molecule has 0 saturated carbocycles. The van der Waals surface area contributed by atoms with Crippen LogP contribution in [0.1, 0.15) is 5.56 Å². The van der Waals surface area contributed by atoms with E-state index in [2.05, 4.69) is 34.6 Å². The molecule has 21 heavy (non-hydrogen) atoms. The van der Waals surface area contributed by atoms with Gasteiger partial charge in [-0.1, -0.05) is 24.3 Å². The van der Waals surface area contributed by atoms with Crippen LogP contribution in [-0.4, -0.2) is 22.6 Å².